The first-order valence-electron chi connectivity index (χ1n) is 19.4. The first-order chi connectivity index (χ1) is 25.6. The number of carbonyl (C=O) groups is 3. The van der Waals surface area contributed by atoms with E-state index in [0.29, 0.717) is 22.5 Å². The lowest BCUT2D eigenvalue weighted by molar-refractivity contribution is 0.0686. The molecule has 2 heterocycles. The summed E-state index contributed by atoms with van der Waals surface area (Å²) in [5.74, 6) is -1.85. The number of nitrogens with zero attached hydrogens (tertiary/aromatic N) is 3. The Bertz CT molecular complexity index is 1400. The van der Waals surface area contributed by atoms with Crippen LogP contribution in [0.5, 0.6) is 0 Å². The Balaban J connectivity index is 0.000000860. The first kappa shape index (κ1) is 53.2. The minimum absolute atomic E-state index is 0. The molecule has 320 valence electrons. The molecule has 0 spiro atoms. The summed E-state index contributed by atoms with van der Waals surface area (Å²) < 4.78 is 12.5. The molecule has 4 N–H and O–H groups in total. The van der Waals surface area contributed by atoms with E-state index in [4.69, 9.17) is 24.2 Å². The second-order valence-electron chi connectivity index (χ2n) is 17.0. The van der Waals surface area contributed by atoms with Crippen molar-refractivity contribution in [3.05, 3.63) is 70.8 Å². The summed E-state index contributed by atoms with van der Waals surface area (Å²) in [7, 11) is -2.18. The molecular formula is C42H76N4O8Si2. The molecule has 0 amide bonds. The maximum atomic E-state index is 10.9. The van der Waals surface area contributed by atoms with Crippen molar-refractivity contribution in [3.8, 4) is 0 Å². The molecule has 2 aromatic rings. The van der Waals surface area contributed by atoms with Crippen LogP contribution in [0, 0.1) is 0 Å². The maximum absolute atomic E-state index is 10.9. The lowest BCUT2D eigenvalue weighted by Gasteiger charge is -2.38. The predicted molar refractivity (Wildman–Crippen MR) is 234 cm³/mol. The van der Waals surface area contributed by atoms with E-state index in [9.17, 15) is 14.4 Å². The van der Waals surface area contributed by atoms with E-state index >= 15 is 0 Å². The fourth-order valence-corrected chi connectivity index (χ4v) is 7.18. The zero-order valence-corrected chi connectivity index (χ0v) is 37.6. The van der Waals surface area contributed by atoms with Crippen molar-refractivity contribution < 1.29 is 38.6 Å². The van der Waals surface area contributed by atoms with Crippen LogP contribution in [0.25, 0.3) is 0 Å². The molecule has 0 unspecified atom stereocenters. The molecule has 0 saturated carbocycles. The lowest BCUT2D eigenvalue weighted by atomic mass is 10.1. The highest BCUT2D eigenvalue weighted by Gasteiger charge is 2.38. The van der Waals surface area contributed by atoms with Crippen molar-refractivity contribution in [2.75, 3.05) is 85.8 Å². The number of benzene rings is 2. The van der Waals surface area contributed by atoms with Crippen molar-refractivity contribution in [2.24, 2.45) is 0 Å². The Labute approximate surface area is 340 Å². The molecule has 0 atom stereocenters. The Kier molecular flexibility index (Phi) is 24.3. The molecule has 2 aromatic carbocycles. The number of rotatable bonds is 13. The average molecular weight is 821 g/mol. The van der Waals surface area contributed by atoms with Crippen molar-refractivity contribution in [1.29, 1.82) is 0 Å². The van der Waals surface area contributed by atoms with Gasteiger partial charge in [-0.2, -0.15) is 0 Å². The van der Waals surface area contributed by atoms with Gasteiger partial charge in [-0.05, 0) is 66.1 Å². The number of aliphatic hydroxyl groups excluding tert-OH is 1. The summed E-state index contributed by atoms with van der Waals surface area (Å²) >= 11 is 0. The number of piperazine rings is 2. The summed E-state index contributed by atoms with van der Waals surface area (Å²) in [5, 5.41) is 28.4. The largest absolute Gasteiger partial charge is 0.478 e. The monoisotopic (exact) mass is 821 g/mol. The average Bonchev–Trinajstić information content (AvgIpc) is 3.13. The molecule has 2 fully saturated rings. The number of carboxylic acids is 2. The minimum atomic E-state index is -1.65. The van der Waals surface area contributed by atoms with Gasteiger partial charge in [0.2, 0.25) is 0 Å². The van der Waals surface area contributed by atoms with Gasteiger partial charge in [-0.1, -0.05) is 73.2 Å². The van der Waals surface area contributed by atoms with E-state index < -0.39 is 28.6 Å². The zero-order chi connectivity index (χ0) is 41.9. The molecule has 4 rings (SSSR count). The van der Waals surface area contributed by atoms with E-state index in [1.807, 2.05) is 12.1 Å². The Hall–Kier alpha value is -2.80. The summed E-state index contributed by atoms with van der Waals surface area (Å²) in [4.78, 5) is 38.8. The molecule has 0 bridgehead atoms. The summed E-state index contributed by atoms with van der Waals surface area (Å²) in [5.41, 5.74) is 2.19. The number of hydrogen-bond donors (Lipinski definition) is 4. The topological polar surface area (TPSA) is 152 Å². The summed E-state index contributed by atoms with van der Waals surface area (Å²) in [6, 6.07) is 12.9. The van der Waals surface area contributed by atoms with Gasteiger partial charge in [-0.3, -0.25) is 19.5 Å². The third kappa shape index (κ3) is 19.6. The highest BCUT2D eigenvalue weighted by molar-refractivity contribution is 6.74. The fraction of sp³-hybridized carbons (Fsp3) is 0.643. The predicted octanol–water partition coefficient (Wildman–Crippen LogP) is 6.88. The van der Waals surface area contributed by atoms with Gasteiger partial charge < -0.3 is 29.5 Å². The van der Waals surface area contributed by atoms with Crippen LogP contribution in [0.3, 0.4) is 0 Å². The number of carbonyl (C=O) groups excluding carboxylic acids is 1. The van der Waals surface area contributed by atoms with Crippen molar-refractivity contribution >= 4 is 34.9 Å². The number of aliphatic hydroxyl groups is 1. The third-order valence-electron chi connectivity index (χ3n) is 10.9. The van der Waals surface area contributed by atoms with E-state index in [1.54, 1.807) is 12.1 Å². The molecule has 0 aromatic heterocycles. The van der Waals surface area contributed by atoms with Crippen molar-refractivity contribution in [3.63, 3.8) is 0 Å². The van der Waals surface area contributed by atoms with Crippen LogP contribution in [0.1, 0.15) is 85.6 Å². The number of hydrogen-bond acceptors (Lipinski definition) is 10. The van der Waals surface area contributed by atoms with E-state index in [2.05, 4.69) is 87.7 Å². The van der Waals surface area contributed by atoms with Gasteiger partial charge in [0.05, 0.1) is 11.1 Å². The van der Waals surface area contributed by atoms with Gasteiger partial charge in [-0.15, -0.1) is 0 Å². The molecule has 0 radical (unpaired) electrons. The smallest absolute Gasteiger partial charge is 0.335 e. The van der Waals surface area contributed by atoms with Crippen LogP contribution in [-0.4, -0.2) is 151 Å². The van der Waals surface area contributed by atoms with Gasteiger partial charge in [0.1, 0.15) is 6.29 Å². The fourth-order valence-electron chi connectivity index (χ4n) is 5.11. The Morgan fingerprint density at radius 1 is 0.661 bits per heavy atom. The SMILES string of the molecule is C.CC(C)(C)[Si](C)(C)OCCN1CCN(Cc2ccc(C(=O)O)cc2)CC1.CC(C)(C)[Si](C)(C)OCCN1CCNCC1.CO.O=Cc1ccc(C(=O)O)cc1. The third-order valence-corrected chi connectivity index (χ3v) is 20.0. The first-order valence-corrected chi connectivity index (χ1v) is 25.2. The normalized spacial score (nSPS) is 15.7. The highest BCUT2D eigenvalue weighted by atomic mass is 28.4. The Morgan fingerprint density at radius 3 is 1.38 bits per heavy atom. The van der Waals surface area contributed by atoms with Crippen molar-refractivity contribution in [1.82, 2.24) is 20.0 Å². The van der Waals surface area contributed by atoms with Gasteiger partial charge >= 0.3 is 11.9 Å². The molecule has 14 heteroatoms. The minimum Gasteiger partial charge on any atom is -0.478 e. The molecule has 0 aliphatic carbocycles. The quantitative estimate of drug-likeness (QED) is 0.123. The van der Waals surface area contributed by atoms with Gasteiger partial charge in [-0.25, -0.2) is 9.59 Å². The van der Waals surface area contributed by atoms with Gasteiger partial charge in [0.15, 0.2) is 16.6 Å². The molecule has 12 nitrogen and oxygen atoms in total. The summed E-state index contributed by atoms with van der Waals surface area (Å²) in [6.07, 6.45) is 0.672. The van der Waals surface area contributed by atoms with Crippen LogP contribution in [0.2, 0.25) is 36.3 Å². The lowest BCUT2D eigenvalue weighted by Crippen LogP contribution is -2.48. The van der Waals surface area contributed by atoms with E-state index in [0.717, 1.165) is 79.2 Å². The number of nitrogens with one attached hydrogen (secondary N) is 1. The van der Waals surface area contributed by atoms with Crippen molar-refractivity contribution in [2.45, 2.75) is 91.8 Å². The van der Waals surface area contributed by atoms with E-state index in [-0.39, 0.29) is 18.0 Å². The van der Waals surface area contributed by atoms with Gasteiger partial charge in [0.25, 0.3) is 0 Å². The summed E-state index contributed by atoms with van der Waals surface area (Å²) in [6.45, 7) is 36.5. The maximum Gasteiger partial charge on any atom is 0.335 e. The molecular weight excluding hydrogens is 745 g/mol. The highest BCUT2D eigenvalue weighted by Crippen LogP contribution is 2.37. The molecule has 2 aliphatic heterocycles. The Morgan fingerprint density at radius 2 is 1.02 bits per heavy atom. The molecule has 2 saturated heterocycles. The molecule has 56 heavy (non-hydrogen) atoms. The standard InChI is InChI=1S/C20H34N2O3Si.C12H28N2OSi.C8H6O3.CH4O.CH4/c1-20(2,3)26(4,5)25-15-14-21-10-12-22(13-11-21)16-17-6-8-18(9-7-17)19(23)24;1-12(2,3)16(4,5)15-11-10-14-8-6-13-7-9-14;9-5-6-1-3-7(4-2-6)8(10)11;1-2;/h6-9H,10-16H2,1-5H3,(H,23,24);13H,6-11H2,1-5H3;1-5H,(H,10,11);2H,1H3;1H4. The number of aldehydes is 1. The molecule has 2 aliphatic rings. The van der Waals surface area contributed by atoms with Crippen LogP contribution < -0.4 is 5.32 Å². The second kappa shape index (κ2) is 25.5. The van der Waals surface area contributed by atoms with Crippen LogP contribution >= 0.6 is 0 Å². The number of carboxylic acid groups (broad SMARTS) is 2. The van der Waals surface area contributed by atoms with E-state index in [1.165, 1.54) is 42.9 Å². The van der Waals surface area contributed by atoms with Crippen LogP contribution in [-0.2, 0) is 15.4 Å². The second-order valence-corrected chi connectivity index (χ2v) is 26.6. The zero-order valence-electron chi connectivity index (χ0n) is 35.6. The number of aromatic carboxylic acids is 2. The van der Waals surface area contributed by atoms with Crippen LogP contribution in [0.4, 0.5) is 0 Å². The van der Waals surface area contributed by atoms with Gasteiger partial charge in [0, 0.05) is 97.9 Å². The van der Waals surface area contributed by atoms with Crippen LogP contribution in [0.15, 0.2) is 48.5 Å².